The lowest BCUT2D eigenvalue weighted by Gasteiger charge is -2.38. The van der Waals surface area contributed by atoms with Crippen LogP contribution >= 0.6 is 0 Å². The summed E-state index contributed by atoms with van der Waals surface area (Å²) >= 11 is 0. The number of hydrogen-bond acceptors (Lipinski definition) is 6. The Bertz CT molecular complexity index is 310. The van der Waals surface area contributed by atoms with E-state index in [9.17, 15) is 0 Å². The Labute approximate surface area is 157 Å². The molecule has 0 aromatic carbocycles. The molecule has 0 saturated carbocycles. The second-order valence-corrected chi connectivity index (χ2v) is 20.5. The van der Waals surface area contributed by atoms with Crippen molar-refractivity contribution in [2.45, 2.75) is 64.2 Å². The van der Waals surface area contributed by atoms with Crippen LogP contribution in [-0.2, 0) is 17.7 Å². The predicted octanol–water partition coefficient (Wildman–Crippen LogP) is 2.93. The average molecular weight is 413 g/mol. The van der Waals surface area contributed by atoms with Crippen LogP contribution in [0.3, 0.4) is 0 Å². The van der Waals surface area contributed by atoms with E-state index in [0.29, 0.717) is 26.4 Å². The summed E-state index contributed by atoms with van der Waals surface area (Å²) in [6.07, 6.45) is 1.93. The van der Waals surface area contributed by atoms with Crippen molar-refractivity contribution in [1.29, 1.82) is 0 Å². The van der Waals surface area contributed by atoms with Gasteiger partial charge >= 0.3 is 8.56 Å². The molecule has 0 aromatic heterocycles. The van der Waals surface area contributed by atoms with E-state index in [4.69, 9.17) is 27.9 Å². The fraction of sp³-hybridized carbons (Fsp3) is 1.00. The summed E-state index contributed by atoms with van der Waals surface area (Å²) in [6.45, 7) is 15.6. The summed E-state index contributed by atoms with van der Waals surface area (Å²) in [5.74, 6) is 0. The molecule has 0 heterocycles. The van der Waals surface area contributed by atoms with Crippen molar-refractivity contribution in [1.82, 2.24) is 0 Å². The van der Waals surface area contributed by atoms with Gasteiger partial charge in [-0.2, -0.15) is 0 Å². The normalized spacial score (nSPS) is 13.4. The van der Waals surface area contributed by atoms with Gasteiger partial charge in [0.2, 0.25) is 0 Å². The van der Waals surface area contributed by atoms with Crippen molar-refractivity contribution >= 4 is 25.2 Å². The van der Waals surface area contributed by atoms with E-state index >= 15 is 0 Å². The smallest absolute Gasteiger partial charge is 0.311 e. The molecule has 0 atom stereocenters. The van der Waals surface area contributed by atoms with Crippen LogP contribution in [0.2, 0.25) is 51.4 Å². The lowest BCUT2D eigenvalue weighted by atomic mass is 10.5. The maximum absolute atomic E-state index is 8.72. The van der Waals surface area contributed by atoms with Crippen molar-refractivity contribution in [2.24, 2.45) is 0 Å². The Morgan fingerprint density at radius 1 is 0.600 bits per heavy atom. The van der Waals surface area contributed by atoms with Gasteiger partial charge in [-0.15, -0.1) is 0 Å². The molecule has 0 bridgehead atoms. The van der Waals surface area contributed by atoms with Gasteiger partial charge < -0.3 is 27.9 Å². The molecule has 9 heteroatoms. The van der Waals surface area contributed by atoms with Crippen LogP contribution in [-0.4, -0.2) is 75.1 Å². The monoisotopic (exact) mass is 412 g/mol. The van der Waals surface area contributed by atoms with E-state index in [1.54, 1.807) is 0 Å². The van der Waals surface area contributed by atoms with Crippen molar-refractivity contribution in [2.75, 3.05) is 39.6 Å². The molecule has 6 nitrogen and oxygen atoms in total. The summed E-state index contributed by atoms with van der Waals surface area (Å²) in [7, 11) is -5.73. The molecule has 0 aliphatic rings. The first kappa shape index (κ1) is 25.4. The van der Waals surface area contributed by atoms with Gasteiger partial charge in [0.05, 0.1) is 26.4 Å². The maximum Gasteiger partial charge on any atom is 0.311 e. The summed E-state index contributed by atoms with van der Waals surface area (Å²) in [5.41, 5.74) is 0. The highest BCUT2D eigenvalue weighted by Crippen LogP contribution is 2.26. The molecule has 25 heavy (non-hydrogen) atoms. The number of hydrogen-bond donors (Lipinski definition) is 2. The fourth-order valence-electron chi connectivity index (χ4n) is 2.99. The molecule has 0 aromatic rings. The van der Waals surface area contributed by atoms with Gasteiger partial charge in [-0.1, -0.05) is 0 Å². The SMILES string of the molecule is C[Si](C)(CCCOCCO)O[Si](C)(C)O[Si](C)(C)CCCOCCO. The van der Waals surface area contributed by atoms with E-state index in [1.165, 1.54) is 0 Å². The molecular formula is C16H40O6Si3. The number of rotatable bonds is 16. The van der Waals surface area contributed by atoms with Crippen LogP contribution in [0, 0.1) is 0 Å². The van der Waals surface area contributed by atoms with Crippen molar-refractivity contribution in [3.8, 4) is 0 Å². The Kier molecular flexibility index (Phi) is 12.9. The van der Waals surface area contributed by atoms with Crippen molar-refractivity contribution in [3.05, 3.63) is 0 Å². The lowest BCUT2D eigenvalue weighted by molar-refractivity contribution is 0.0922. The van der Waals surface area contributed by atoms with Crippen LogP contribution in [0.25, 0.3) is 0 Å². The highest BCUT2D eigenvalue weighted by molar-refractivity contribution is 6.87. The number of aliphatic hydroxyl groups is 2. The van der Waals surface area contributed by atoms with Crippen LogP contribution in [0.15, 0.2) is 0 Å². The first-order chi connectivity index (χ1) is 11.5. The summed E-state index contributed by atoms with van der Waals surface area (Å²) in [4.78, 5) is 0. The van der Waals surface area contributed by atoms with Gasteiger partial charge in [0.15, 0.2) is 16.6 Å². The molecule has 0 radical (unpaired) electrons. The average Bonchev–Trinajstić information content (AvgIpc) is 2.44. The molecule has 0 amide bonds. The third kappa shape index (κ3) is 15.2. The minimum Gasteiger partial charge on any atom is -0.437 e. The second kappa shape index (κ2) is 12.7. The molecule has 0 fully saturated rings. The lowest BCUT2D eigenvalue weighted by Crippen LogP contribution is -2.52. The highest BCUT2D eigenvalue weighted by Gasteiger charge is 2.39. The van der Waals surface area contributed by atoms with Crippen LogP contribution < -0.4 is 0 Å². The Morgan fingerprint density at radius 2 is 0.960 bits per heavy atom. The second-order valence-electron chi connectivity index (χ2n) is 8.00. The molecule has 0 aliphatic carbocycles. The van der Waals surface area contributed by atoms with E-state index in [1.807, 2.05) is 0 Å². The standard InChI is InChI=1S/C16H40O6Si3/c1-23(2,15-7-11-19-13-9-17)21-25(5,6)22-24(3,4)16-8-12-20-14-10-18/h17-18H,7-16H2,1-6H3. The molecule has 0 spiro atoms. The van der Waals surface area contributed by atoms with Crippen LogP contribution in [0.4, 0.5) is 0 Å². The first-order valence-corrected chi connectivity index (χ1v) is 18.4. The molecule has 0 rings (SSSR count). The molecular weight excluding hydrogens is 372 g/mol. The fourth-order valence-corrected chi connectivity index (χ4v) is 17.0. The van der Waals surface area contributed by atoms with E-state index < -0.39 is 25.2 Å². The molecule has 0 saturated heterocycles. The van der Waals surface area contributed by atoms with Gasteiger partial charge in [0.1, 0.15) is 0 Å². The van der Waals surface area contributed by atoms with E-state index in [0.717, 1.165) is 24.9 Å². The maximum atomic E-state index is 8.72. The van der Waals surface area contributed by atoms with E-state index in [-0.39, 0.29) is 13.2 Å². The number of ether oxygens (including phenoxy) is 2. The largest absolute Gasteiger partial charge is 0.437 e. The summed E-state index contributed by atoms with van der Waals surface area (Å²) in [6, 6.07) is 2.07. The molecule has 0 aliphatic heterocycles. The van der Waals surface area contributed by atoms with Crippen LogP contribution in [0.5, 0.6) is 0 Å². The van der Waals surface area contributed by atoms with Crippen molar-refractivity contribution in [3.63, 3.8) is 0 Å². The zero-order valence-corrected chi connectivity index (χ0v) is 20.1. The minimum atomic E-state index is -2.16. The highest BCUT2D eigenvalue weighted by atomic mass is 28.5. The van der Waals surface area contributed by atoms with Crippen LogP contribution in [0.1, 0.15) is 12.8 Å². The molecule has 0 unspecified atom stereocenters. The van der Waals surface area contributed by atoms with Gasteiger partial charge in [0, 0.05) is 13.2 Å². The Balaban J connectivity index is 4.24. The quantitative estimate of drug-likeness (QED) is 0.300. The number of aliphatic hydroxyl groups excluding tert-OH is 2. The van der Waals surface area contributed by atoms with Crippen molar-refractivity contribution < 1.29 is 27.9 Å². The van der Waals surface area contributed by atoms with Gasteiger partial charge in [0.25, 0.3) is 0 Å². The Hall–Kier alpha value is 0.411. The topological polar surface area (TPSA) is 77.4 Å². The minimum absolute atomic E-state index is 0.0792. The third-order valence-electron chi connectivity index (χ3n) is 3.65. The summed E-state index contributed by atoms with van der Waals surface area (Å²) < 4.78 is 23.7. The predicted molar refractivity (Wildman–Crippen MR) is 109 cm³/mol. The molecule has 2 N–H and O–H groups in total. The molecule has 152 valence electrons. The van der Waals surface area contributed by atoms with Gasteiger partial charge in [-0.3, -0.25) is 0 Å². The Morgan fingerprint density at radius 3 is 1.28 bits per heavy atom. The summed E-state index contributed by atoms with van der Waals surface area (Å²) in [5, 5.41) is 17.4. The zero-order chi connectivity index (χ0) is 19.4. The van der Waals surface area contributed by atoms with Gasteiger partial charge in [-0.25, -0.2) is 0 Å². The zero-order valence-electron chi connectivity index (χ0n) is 17.1. The first-order valence-electron chi connectivity index (χ1n) is 9.31. The van der Waals surface area contributed by atoms with E-state index in [2.05, 4.69) is 39.3 Å². The third-order valence-corrected chi connectivity index (χ3v) is 15.1. The van der Waals surface area contributed by atoms with Gasteiger partial charge in [-0.05, 0) is 64.2 Å².